The molecule has 148 valence electrons. The first-order valence-corrected chi connectivity index (χ1v) is 8.76. The summed E-state index contributed by atoms with van der Waals surface area (Å²) in [6, 6.07) is 8.93. The van der Waals surface area contributed by atoms with E-state index in [1.807, 2.05) is 0 Å². The van der Waals surface area contributed by atoms with Crippen LogP contribution in [0.25, 0.3) is 10.9 Å². The normalized spacial score (nSPS) is 11.1. The first-order chi connectivity index (χ1) is 13.7. The van der Waals surface area contributed by atoms with Gasteiger partial charge in [0.05, 0.1) is 21.7 Å². The Morgan fingerprint density at radius 3 is 2.66 bits per heavy atom. The minimum Gasteiger partial charge on any atom is -0.506 e. The number of aromatic hydroxyl groups is 1. The summed E-state index contributed by atoms with van der Waals surface area (Å²) in [7, 11) is 1.47. The molecule has 0 atom stereocenters. The zero-order valence-electron chi connectivity index (χ0n) is 14.7. The molecule has 0 saturated carbocycles. The predicted molar refractivity (Wildman–Crippen MR) is 109 cm³/mol. The van der Waals surface area contributed by atoms with E-state index in [1.54, 1.807) is 24.3 Å². The number of rotatable bonds is 4. The lowest BCUT2D eigenvalue weighted by atomic mass is 10.1. The third-order valence-electron chi connectivity index (χ3n) is 4.17. The summed E-state index contributed by atoms with van der Waals surface area (Å²) in [5.41, 5.74) is 0.949. The number of para-hydroxylation sites is 1. The molecule has 0 aliphatic carbocycles. The zero-order valence-corrected chi connectivity index (χ0v) is 16.2. The number of nitro benzene ring substituents is 1. The molecule has 0 fully saturated rings. The van der Waals surface area contributed by atoms with Crippen LogP contribution in [0, 0.1) is 10.1 Å². The van der Waals surface area contributed by atoms with Gasteiger partial charge >= 0.3 is 0 Å². The van der Waals surface area contributed by atoms with Crippen LogP contribution in [0.2, 0.25) is 10.0 Å². The number of aromatic nitrogens is 1. The van der Waals surface area contributed by atoms with E-state index < -0.39 is 27.7 Å². The summed E-state index contributed by atoms with van der Waals surface area (Å²) in [6.45, 7) is 0. The summed E-state index contributed by atoms with van der Waals surface area (Å²) >= 11 is 11.9. The van der Waals surface area contributed by atoms with E-state index >= 15 is 0 Å². The molecule has 0 unspecified atom stereocenters. The number of pyridine rings is 1. The third kappa shape index (κ3) is 3.65. The van der Waals surface area contributed by atoms with Crippen molar-refractivity contribution >= 4 is 51.9 Å². The highest BCUT2D eigenvalue weighted by molar-refractivity contribution is 6.40. The predicted octanol–water partition coefficient (Wildman–Crippen LogP) is 3.22. The van der Waals surface area contributed by atoms with Crippen molar-refractivity contribution in [1.29, 1.82) is 0 Å². The highest BCUT2D eigenvalue weighted by Gasteiger charge is 2.21. The molecule has 1 heterocycles. The van der Waals surface area contributed by atoms with Gasteiger partial charge in [-0.1, -0.05) is 35.3 Å². The van der Waals surface area contributed by atoms with Crippen molar-refractivity contribution in [2.24, 2.45) is 12.1 Å². The standard InChI is InChI=1S/C18H12Cl2N4O5/c1-23-12-5-3-2-4-9(12)16(25)14(18(23)27)17(26)22-21-8-10-11(19)6-7-13(15(10)20)24(28)29/h2-8,25H,1H3,(H,22,26)/b21-8+. The van der Waals surface area contributed by atoms with Crippen LogP contribution in [0.1, 0.15) is 15.9 Å². The number of fused-ring (bicyclic) bond motifs is 1. The summed E-state index contributed by atoms with van der Waals surface area (Å²) in [5, 5.41) is 25.1. The van der Waals surface area contributed by atoms with Gasteiger partial charge in [0.1, 0.15) is 16.3 Å². The van der Waals surface area contributed by atoms with Crippen LogP contribution < -0.4 is 11.0 Å². The number of amides is 1. The average Bonchev–Trinajstić information content (AvgIpc) is 2.68. The fourth-order valence-electron chi connectivity index (χ4n) is 2.71. The maximum Gasteiger partial charge on any atom is 0.288 e. The van der Waals surface area contributed by atoms with Crippen LogP contribution in [-0.2, 0) is 7.05 Å². The van der Waals surface area contributed by atoms with Gasteiger partial charge in [-0.2, -0.15) is 5.10 Å². The Bertz CT molecular complexity index is 1250. The molecule has 0 saturated heterocycles. The highest BCUT2D eigenvalue weighted by Crippen LogP contribution is 2.32. The number of hydrogen-bond acceptors (Lipinski definition) is 6. The number of halogens is 2. The van der Waals surface area contributed by atoms with E-state index in [-0.39, 0.29) is 21.3 Å². The van der Waals surface area contributed by atoms with Crippen molar-refractivity contribution in [3.63, 3.8) is 0 Å². The van der Waals surface area contributed by atoms with Crippen LogP contribution in [0.15, 0.2) is 46.3 Å². The molecular weight excluding hydrogens is 423 g/mol. The van der Waals surface area contributed by atoms with E-state index in [4.69, 9.17) is 23.2 Å². The van der Waals surface area contributed by atoms with Crippen LogP contribution >= 0.6 is 23.2 Å². The molecule has 3 aromatic rings. The van der Waals surface area contributed by atoms with Crippen molar-refractivity contribution in [1.82, 2.24) is 9.99 Å². The molecule has 11 heteroatoms. The monoisotopic (exact) mass is 434 g/mol. The second-order valence-corrected chi connectivity index (χ2v) is 6.64. The van der Waals surface area contributed by atoms with Gasteiger partial charge < -0.3 is 9.67 Å². The third-order valence-corrected chi connectivity index (χ3v) is 4.89. The van der Waals surface area contributed by atoms with Gasteiger partial charge in [0, 0.05) is 24.1 Å². The fraction of sp³-hybridized carbons (Fsp3) is 0.0556. The van der Waals surface area contributed by atoms with Gasteiger partial charge in [0.15, 0.2) is 0 Å². The number of nitro groups is 1. The van der Waals surface area contributed by atoms with Gasteiger partial charge in [-0.05, 0) is 18.2 Å². The van der Waals surface area contributed by atoms with Crippen molar-refractivity contribution in [2.45, 2.75) is 0 Å². The molecule has 29 heavy (non-hydrogen) atoms. The molecule has 3 rings (SSSR count). The Morgan fingerprint density at radius 1 is 1.28 bits per heavy atom. The molecule has 1 aromatic heterocycles. The zero-order chi connectivity index (χ0) is 21.3. The van der Waals surface area contributed by atoms with E-state index in [1.165, 1.54) is 17.7 Å². The first kappa shape index (κ1) is 20.3. The quantitative estimate of drug-likeness (QED) is 0.370. The Hall–Kier alpha value is -3.43. The van der Waals surface area contributed by atoms with Crippen molar-refractivity contribution < 1.29 is 14.8 Å². The van der Waals surface area contributed by atoms with Crippen molar-refractivity contribution in [3.8, 4) is 5.75 Å². The molecule has 0 spiro atoms. The smallest absolute Gasteiger partial charge is 0.288 e. The van der Waals surface area contributed by atoms with Gasteiger partial charge in [-0.15, -0.1) is 0 Å². The Labute approximate surface area is 172 Å². The maximum absolute atomic E-state index is 12.5. The minimum atomic E-state index is -0.970. The number of carbonyl (C=O) groups is 1. The lowest BCUT2D eigenvalue weighted by Gasteiger charge is -2.10. The SMILES string of the molecule is Cn1c(=O)c(C(=O)N/N=C/c2c(Cl)ccc([N+](=O)[O-])c2Cl)c(O)c2ccccc21. The highest BCUT2D eigenvalue weighted by atomic mass is 35.5. The van der Waals surface area contributed by atoms with E-state index in [0.717, 1.165) is 12.3 Å². The topological polar surface area (TPSA) is 127 Å². The number of benzene rings is 2. The number of nitrogens with zero attached hydrogens (tertiary/aromatic N) is 3. The van der Waals surface area contributed by atoms with Crippen molar-refractivity contribution in [3.05, 3.63) is 78.0 Å². The molecule has 0 radical (unpaired) electrons. The maximum atomic E-state index is 12.5. The van der Waals surface area contributed by atoms with Crippen LogP contribution in [0.4, 0.5) is 5.69 Å². The molecule has 0 bridgehead atoms. The van der Waals surface area contributed by atoms with Gasteiger partial charge in [0.25, 0.3) is 17.2 Å². The average molecular weight is 435 g/mol. The summed E-state index contributed by atoms with van der Waals surface area (Å²) < 4.78 is 1.22. The molecule has 0 aliphatic heterocycles. The number of hydrazone groups is 1. The molecule has 2 N–H and O–H groups in total. The summed E-state index contributed by atoms with van der Waals surface area (Å²) in [5.74, 6) is -1.45. The number of aryl methyl sites for hydroxylation is 1. The molecule has 9 nitrogen and oxygen atoms in total. The first-order valence-electron chi connectivity index (χ1n) is 8.00. The van der Waals surface area contributed by atoms with Gasteiger partial charge in [-0.3, -0.25) is 19.7 Å². The van der Waals surface area contributed by atoms with Crippen LogP contribution in [0.3, 0.4) is 0 Å². The summed E-state index contributed by atoms with van der Waals surface area (Å²) in [4.78, 5) is 35.2. The van der Waals surface area contributed by atoms with Gasteiger partial charge in [0.2, 0.25) is 0 Å². The lowest BCUT2D eigenvalue weighted by Crippen LogP contribution is -2.30. The van der Waals surface area contributed by atoms with E-state index in [0.29, 0.717) is 10.9 Å². The van der Waals surface area contributed by atoms with E-state index in [9.17, 15) is 24.8 Å². The largest absolute Gasteiger partial charge is 0.506 e. The molecule has 0 aliphatic rings. The number of hydrogen-bond donors (Lipinski definition) is 2. The second kappa shape index (κ2) is 7.90. The second-order valence-electron chi connectivity index (χ2n) is 5.86. The summed E-state index contributed by atoms with van der Waals surface area (Å²) in [6.07, 6.45) is 1.01. The van der Waals surface area contributed by atoms with Crippen LogP contribution in [-0.4, -0.2) is 26.7 Å². The Kier molecular flexibility index (Phi) is 5.53. The number of carbonyl (C=O) groups excluding carboxylic acids is 1. The van der Waals surface area contributed by atoms with Crippen LogP contribution in [0.5, 0.6) is 5.75 Å². The molecule has 1 amide bonds. The minimum absolute atomic E-state index is 0.0125. The Balaban J connectivity index is 1.96. The van der Waals surface area contributed by atoms with Gasteiger partial charge in [-0.25, -0.2) is 5.43 Å². The molecule has 2 aromatic carbocycles. The fourth-order valence-corrected chi connectivity index (χ4v) is 3.25. The lowest BCUT2D eigenvalue weighted by molar-refractivity contribution is -0.384. The Morgan fingerprint density at radius 2 is 1.97 bits per heavy atom. The van der Waals surface area contributed by atoms with Crippen molar-refractivity contribution in [2.75, 3.05) is 0 Å². The number of nitrogens with one attached hydrogen (secondary N) is 1. The molecular formula is C18H12Cl2N4O5. The van der Waals surface area contributed by atoms with E-state index in [2.05, 4.69) is 10.5 Å².